The highest BCUT2D eigenvalue weighted by Crippen LogP contribution is 2.18. The molecule has 1 aromatic carbocycles. The lowest BCUT2D eigenvalue weighted by atomic mass is 10.1. The van der Waals surface area contributed by atoms with E-state index in [4.69, 9.17) is 4.74 Å². The number of nitrogens with one attached hydrogen (secondary N) is 1. The Morgan fingerprint density at radius 2 is 1.92 bits per heavy atom. The molecule has 0 unspecified atom stereocenters. The normalized spacial score (nSPS) is 10.4. The minimum atomic E-state index is -0.375. The van der Waals surface area contributed by atoms with Crippen LogP contribution in [0.4, 0.5) is 5.69 Å². The third-order valence-corrected chi connectivity index (χ3v) is 4.06. The van der Waals surface area contributed by atoms with Crippen molar-refractivity contribution in [2.45, 2.75) is 6.54 Å². The number of carbonyl (C=O) groups is 1. The molecule has 0 aliphatic heterocycles. The van der Waals surface area contributed by atoms with Crippen molar-refractivity contribution < 1.29 is 9.53 Å². The van der Waals surface area contributed by atoms with Crippen LogP contribution in [0.5, 0.6) is 5.88 Å². The van der Waals surface area contributed by atoms with Crippen LogP contribution in [-0.4, -0.2) is 27.8 Å². The van der Waals surface area contributed by atoms with Crippen LogP contribution in [0.2, 0.25) is 0 Å². The summed E-state index contributed by atoms with van der Waals surface area (Å²) in [7, 11) is 1.51. The maximum Gasteiger partial charge on any atom is 0.267 e. The quantitative estimate of drug-likeness (QED) is 0.693. The monoisotopic (exact) mass is 414 g/mol. The van der Waals surface area contributed by atoms with Gasteiger partial charge in [0, 0.05) is 22.2 Å². The van der Waals surface area contributed by atoms with Gasteiger partial charge in [-0.05, 0) is 24.3 Å². The van der Waals surface area contributed by atoms with E-state index in [1.165, 1.54) is 19.4 Å². The van der Waals surface area contributed by atoms with Crippen LogP contribution >= 0.6 is 15.9 Å². The Labute approximate surface area is 157 Å². The van der Waals surface area contributed by atoms with Gasteiger partial charge in [-0.3, -0.25) is 9.59 Å². The van der Waals surface area contributed by atoms with Crippen LogP contribution in [-0.2, 0) is 11.3 Å². The van der Waals surface area contributed by atoms with Crippen LogP contribution in [0.15, 0.2) is 64.0 Å². The number of methoxy groups -OCH3 is 1. The second-order valence-electron chi connectivity index (χ2n) is 5.36. The topological polar surface area (TPSA) is 86.1 Å². The molecule has 0 fully saturated rings. The Kier molecular flexibility index (Phi) is 5.43. The number of rotatable bonds is 5. The first-order valence-corrected chi connectivity index (χ1v) is 8.48. The summed E-state index contributed by atoms with van der Waals surface area (Å²) in [6, 6.07) is 13.9. The smallest absolute Gasteiger partial charge is 0.267 e. The summed E-state index contributed by atoms with van der Waals surface area (Å²) in [5, 5.41) is 6.95. The number of halogens is 1. The average Bonchev–Trinajstić information content (AvgIpc) is 2.65. The van der Waals surface area contributed by atoms with Gasteiger partial charge in [0.2, 0.25) is 11.8 Å². The van der Waals surface area contributed by atoms with Crippen LogP contribution in [0.1, 0.15) is 0 Å². The lowest BCUT2D eigenvalue weighted by Gasteiger charge is -2.08. The van der Waals surface area contributed by atoms with E-state index in [1.807, 2.05) is 24.3 Å². The molecule has 7 nitrogen and oxygen atoms in total. The van der Waals surface area contributed by atoms with E-state index >= 15 is 0 Å². The lowest BCUT2D eigenvalue weighted by molar-refractivity contribution is -0.117. The molecule has 3 rings (SSSR count). The van der Waals surface area contributed by atoms with Crippen molar-refractivity contribution >= 4 is 27.5 Å². The second kappa shape index (κ2) is 7.92. The van der Waals surface area contributed by atoms with E-state index in [1.54, 1.807) is 18.2 Å². The highest BCUT2D eigenvalue weighted by molar-refractivity contribution is 9.10. The van der Waals surface area contributed by atoms with Gasteiger partial charge in [-0.1, -0.05) is 28.1 Å². The summed E-state index contributed by atoms with van der Waals surface area (Å²) >= 11 is 3.38. The van der Waals surface area contributed by atoms with Crippen molar-refractivity contribution in [1.82, 2.24) is 14.8 Å². The first-order valence-electron chi connectivity index (χ1n) is 7.69. The number of anilines is 1. The zero-order valence-corrected chi connectivity index (χ0v) is 15.4. The van der Waals surface area contributed by atoms with Gasteiger partial charge < -0.3 is 10.1 Å². The number of amides is 1. The van der Waals surface area contributed by atoms with E-state index in [2.05, 4.69) is 31.3 Å². The number of hydrogen-bond acceptors (Lipinski definition) is 5. The van der Waals surface area contributed by atoms with Crippen LogP contribution in [0.3, 0.4) is 0 Å². The summed E-state index contributed by atoms with van der Waals surface area (Å²) in [4.78, 5) is 28.2. The Morgan fingerprint density at radius 3 is 2.58 bits per heavy atom. The molecule has 26 heavy (non-hydrogen) atoms. The number of aromatic nitrogens is 3. The van der Waals surface area contributed by atoms with Crippen molar-refractivity contribution in [1.29, 1.82) is 0 Å². The molecule has 8 heteroatoms. The Bertz CT molecular complexity index is 969. The third-order valence-electron chi connectivity index (χ3n) is 3.53. The largest absolute Gasteiger partial charge is 0.481 e. The Morgan fingerprint density at radius 1 is 1.15 bits per heavy atom. The molecule has 0 atom stereocenters. The second-order valence-corrected chi connectivity index (χ2v) is 6.27. The fourth-order valence-corrected chi connectivity index (χ4v) is 2.51. The van der Waals surface area contributed by atoms with Gasteiger partial charge >= 0.3 is 0 Å². The lowest BCUT2D eigenvalue weighted by Crippen LogP contribution is -2.29. The van der Waals surface area contributed by atoms with Crippen LogP contribution < -0.4 is 15.6 Å². The van der Waals surface area contributed by atoms with Gasteiger partial charge in [0.05, 0.1) is 24.7 Å². The minimum absolute atomic E-state index is 0.199. The van der Waals surface area contributed by atoms with Crippen molar-refractivity contribution in [3.8, 4) is 17.1 Å². The van der Waals surface area contributed by atoms with Gasteiger partial charge in [-0.15, -0.1) is 0 Å². The molecular weight excluding hydrogens is 400 g/mol. The van der Waals surface area contributed by atoms with E-state index in [0.717, 1.165) is 14.7 Å². The van der Waals surface area contributed by atoms with Gasteiger partial charge in [0.15, 0.2) is 0 Å². The number of pyridine rings is 1. The fraction of sp³-hybridized carbons (Fsp3) is 0.111. The van der Waals surface area contributed by atoms with E-state index in [-0.39, 0.29) is 18.0 Å². The van der Waals surface area contributed by atoms with Crippen LogP contribution in [0.25, 0.3) is 11.3 Å². The maximum atomic E-state index is 12.2. The summed E-state index contributed by atoms with van der Waals surface area (Å²) < 4.78 is 7.04. The Hall–Kier alpha value is -3.00. The zero-order valence-electron chi connectivity index (χ0n) is 13.8. The molecule has 0 aliphatic carbocycles. The van der Waals surface area contributed by atoms with Gasteiger partial charge in [-0.25, -0.2) is 9.67 Å². The Balaban J connectivity index is 1.75. The van der Waals surface area contributed by atoms with E-state index < -0.39 is 0 Å². The van der Waals surface area contributed by atoms with Crippen molar-refractivity contribution in [2.75, 3.05) is 12.4 Å². The summed E-state index contributed by atoms with van der Waals surface area (Å²) in [5.74, 6) is 0.0719. The molecule has 0 aliphatic rings. The highest BCUT2D eigenvalue weighted by atomic mass is 79.9. The molecular formula is C18H15BrN4O3. The van der Waals surface area contributed by atoms with E-state index in [9.17, 15) is 9.59 Å². The predicted molar refractivity (Wildman–Crippen MR) is 101 cm³/mol. The first kappa shape index (κ1) is 17.8. The van der Waals surface area contributed by atoms with Gasteiger partial charge in [0.1, 0.15) is 6.54 Å². The number of ether oxygens (including phenoxy) is 1. The number of hydrogen-bond donors (Lipinski definition) is 1. The molecule has 0 saturated carbocycles. The molecule has 2 aromatic heterocycles. The number of carbonyl (C=O) groups excluding carboxylic acids is 1. The first-order chi connectivity index (χ1) is 12.5. The molecule has 1 N–H and O–H groups in total. The maximum absolute atomic E-state index is 12.2. The molecule has 0 saturated heterocycles. The van der Waals surface area contributed by atoms with Gasteiger partial charge in [-0.2, -0.15) is 5.10 Å². The molecule has 3 aromatic rings. The molecule has 2 heterocycles. The average molecular weight is 415 g/mol. The molecule has 1 amide bonds. The summed E-state index contributed by atoms with van der Waals surface area (Å²) in [5.41, 5.74) is 1.61. The molecule has 0 radical (unpaired) electrons. The van der Waals surface area contributed by atoms with E-state index in [0.29, 0.717) is 17.3 Å². The number of benzene rings is 1. The molecule has 0 spiro atoms. The third kappa shape index (κ3) is 4.34. The van der Waals surface area contributed by atoms with Crippen molar-refractivity contribution in [3.05, 3.63) is 69.6 Å². The van der Waals surface area contributed by atoms with Gasteiger partial charge in [0.25, 0.3) is 5.56 Å². The predicted octanol–water partition coefficient (Wildman–Crippen LogP) is 2.72. The zero-order chi connectivity index (χ0) is 18.5. The summed E-state index contributed by atoms with van der Waals surface area (Å²) in [6.45, 7) is -0.199. The summed E-state index contributed by atoms with van der Waals surface area (Å²) in [6.07, 6.45) is 1.48. The molecule has 132 valence electrons. The van der Waals surface area contributed by atoms with Crippen LogP contribution in [0, 0.1) is 0 Å². The van der Waals surface area contributed by atoms with Crippen molar-refractivity contribution in [2.24, 2.45) is 0 Å². The standard InChI is InChI=1S/C18H15BrN4O3/c1-26-17-8-6-14(10-20-17)21-16(24)11-23-18(25)9-7-15(22-23)12-2-4-13(19)5-3-12/h2-10H,11H2,1H3,(H,21,24). The minimum Gasteiger partial charge on any atom is -0.481 e. The molecule has 0 bridgehead atoms. The SMILES string of the molecule is COc1ccc(NC(=O)Cn2nc(-c3ccc(Br)cc3)ccc2=O)cn1. The fourth-order valence-electron chi connectivity index (χ4n) is 2.25. The highest BCUT2D eigenvalue weighted by Gasteiger charge is 2.09. The van der Waals surface area contributed by atoms with Crippen molar-refractivity contribution in [3.63, 3.8) is 0 Å². The number of nitrogens with zero attached hydrogens (tertiary/aromatic N) is 3.